The van der Waals surface area contributed by atoms with Crippen LogP contribution < -0.4 is 21.7 Å². The molecule has 5 N–H and O–H groups in total. The van der Waals surface area contributed by atoms with E-state index < -0.39 is 24.0 Å². The van der Waals surface area contributed by atoms with Crippen LogP contribution in [0.4, 0.5) is 30.4 Å². The number of pyridine rings is 2. The molecule has 3 unspecified atom stereocenters. The van der Waals surface area contributed by atoms with Crippen LogP contribution in [0.3, 0.4) is 0 Å². The number of alkyl halides is 3. The number of halogens is 3. The highest BCUT2D eigenvalue weighted by molar-refractivity contribution is 6.15. The first-order chi connectivity index (χ1) is 18.6. The van der Waals surface area contributed by atoms with Crippen molar-refractivity contribution in [2.75, 3.05) is 48.7 Å². The molecule has 0 bridgehead atoms. The number of nitrogens with one attached hydrogen (secondary N) is 1. The van der Waals surface area contributed by atoms with Crippen LogP contribution in [0.15, 0.2) is 35.1 Å². The van der Waals surface area contributed by atoms with Crippen molar-refractivity contribution in [2.24, 2.45) is 11.7 Å². The number of nitrogens with two attached hydrogens (primary N) is 2. The Labute approximate surface area is 223 Å². The minimum atomic E-state index is -4.37. The Balaban J connectivity index is 1.34. The molecule has 0 spiro atoms. The summed E-state index contributed by atoms with van der Waals surface area (Å²) >= 11 is 0. The number of rotatable bonds is 7. The van der Waals surface area contributed by atoms with Gasteiger partial charge < -0.3 is 30.8 Å². The number of carbonyl (C=O) groups excluding carboxylic acids is 1. The number of anilines is 3. The zero-order valence-electron chi connectivity index (χ0n) is 21.6. The fraction of sp³-hybridized carbons (Fsp3) is 0.500. The predicted octanol–water partition coefficient (Wildman–Crippen LogP) is 3.38. The first-order valence-electron chi connectivity index (χ1n) is 13.0. The first kappa shape index (κ1) is 27.2. The van der Waals surface area contributed by atoms with Gasteiger partial charge in [0, 0.05) is 57.8 Å². The minimum Gasteiger partial charge on any atom is -0.438 e. The average molecular weight is 548 g/mol. The van der Waals surface area contributed by atoms with Gasteiger partial charge in [-0.3, -0.25) is 19.7 Å². The van der Waals surface area contributed by atoms with Gasteiger partial charge in [-0.15, -0.1) is 0 Å². The van der Waals surface area contributed by atoms with Gasteiger partial charge in [0.2, 0.25) is 5.88 Å². The number of piperidine rings is 1. The van der Waals surface area contributed by atoms with E-state index in [0.717, 1.165) is 25.1 Å². The zero-order valence-corrected chi connectivity index (χ0v) is 21.6. The number of nitrogen functional groups attached to an aromatic ring is 1. The van der Waals surface area contributed by atoms with Crippen molar-refractivity contribution in [3.05, 3.63) is 41.9 Å². The molecule has 2 aliphatic rings. The molecular weight excluding hydrogens is 515 g/mol. The summed E-state index contributed by atoms with van der Waals surface area (Å²) in [4.78, 5) is 25.6. The van der Waals surface area contributed by atoms with Gasteiger partial charge in [-0.2, -0.15) is 13.2 Å². The number of carbonyl (C=O) groups is 1. The molecule has 0 radical (unpaired) electrons. The van der Waals surface area contributed by atoms with Crippen LogP contribution in [0.1, 0.15) is 35.7 Å². The Kier molecular flexibility index (Phi) is 7.65. The average Bonchev–Trinajstić information content (AvgIpc) is 3.46. The Bertz CT molecular complexity index is 1330. The summed E-state index contributed by atoms with van der Waals surface area (Å²) < 4.78 is 51.8. The molecule has 39 heavy (non-hydrogen) atoms. The van der Waals surface area contributed by atoms with Crippen molar-refractivity contribution in [1.82, 2.24) is 14.9 Å². The molecule has 10 nitrogen and oxygen atoms in total. The van der Waals surface area contributed by atoms with E-state index in [-0.39, 0.29) is 42.7 Å². The van der Waals surface area contributed by atoms with Gasteiger partial charge in [0.25, 0.3) is 5.91 Å². The monoisotopic (exact) mass is 547 g/mol. The number of hydrogen-bond acceptors (Lipinski definition) is 9. The normalized spacial score (nSPS) is 22.5. The van der Waals surface area contributed by atoms with E-state index in [2.05, 4.69) is 20.2 Å². The largest absolute Gasteiger partial charge is 0.438 e. The highest BCUT2D eigenvalue weighted by atomic mass is 19.4. The zero-order chi connectivity index (χ0) is 27.7. The van der Waals surface area contributed by atoms with Crippen molar-refractivity contribution in [3.63, 3.8) is 0 Å². The van der Waals surface area contributed by atoms with Crippen molar-refractivity contribution < 1.29 is 27.1 Å². The maximum atomic E-state index is 13.5. The number of hydrogen-bond donors (Lipinski definition) is 3. The number of fused-ring (bicyclic) bond motifs is 1. The molecule has 210 valence electrons. The number of ether oxygens (including phenoxy) is 1. The highest BCUT2D eigenvalue weighted by Crippen LogP contribution is 2.37. The van der Waals surface area contributed by atoms with Gasteiger partial charge in [-0.05, 0) is 37.5 Å². The summed E-state index contributed by atoms with van der Waals surface area (Å²) in [6.45, 7) is 5.01. The lowest BCUT2D eigenvalue weighted by Gasteiger charge is -2.39. The Morgan fingerprint density at radius 3 is 2.87 bits per heavy atom. The number of nitrogens with zero attached hydrogens (tertiary/aromatic N) is 4. The molecule has 13 heteroatoms. The third-order valence-electron chi connectivity index (χ3n) is 7.21. The van der Waals surface area contributed by atoms with Crippen LogP contribution >= 0.6 is 0 Å². The molecular formula is C26H32F3N7O3. The van der Waals surface area contributed by atoms with Crippen LogP contribution in [-0.2, 0) is 11.3 Å². The van der Waals surface area contributed by atoms with E-state index in [1.54, 1.807) is 12.3 Å². The topological polar surface area (TPSA) is 136 Å². The molecule has 3 aromatic rings. The Morgan fingerprint density at radius 1 is 1.28 bits per heavy atom. The van der Waals surface area contributed by atoms with E-state index in [0.29, 0.717) is 29.9 Å². The van der Waals surface area contributed by atoms with E-state index in [1.165, 1.54) is 17.3 Å². The molecule has 0 aliphatic carbocycles. The molecule has 1 amide bonds. The molecule has 3 aromatic heterocycles. The summed E-state index contributed by atoms with van der Waals surface area (Å²) in [5, 5.41) is 2.73. The smallest absolute Gasteiger partial charge is 0.393 e. The predicted molar refractivity (Wildman–Crippen MR) is 140 cm³/mol. The number of aromatic nitrogens is 2. The van der Waals surface area contributed by atoms with E-state index in [4.69, 9.17) is 20.6 Å². The number of likely N-dealkylation sites (tertiary alicyclic amines) is 1. The van der Waals surface area contributed by atoms with Crippen LogP contribution in [0.2, 0.25) is 0 Å². The van der Waals surface area contributed by atoms with E-state index in [1.807, 2.05) is 13.0 Å². The SMILES string of the molecule is CCOC1CCN(Cc2cnc3c(C(=O)Nc4cnccc4N4CC(N)CC(C(F)(F)F)C4)c(N)oc3c2)C1. The molecule has 3 atom stereocenters. The molecule has 5 rings (SSSR count). The highest BCUT2D eigenvalue weighted by Gasteiger charge is 2.44. The van der Waals surface area contributed by atoms with Gasteiger partial charge in [-0.1, -0.05) is 0 Å². The Morgan fingerprint density at radius 2 is 2.10 bits per heavy atom. The van der Waals surface area contributed by atoms with Gasteiger partial charge in [0.05, 0.1) is 29.6 Å². The van der Waals surface area contributed by atoms with Crippen LogP contribution in [0.5, 0.6) is 0 Å². The van der Waals surface area contributed by atoms with Gasteiger partial charge in [-0.25, -0.2) is 0 Å². The molecule has 0 aromatic carbocycles. The van der Waals surface area contributed by atoms with Crippen LogP contribution in [0.25, 0.3) is 11.1 Å². The fourth-order valence-electron chi connectivity index (χ4n) is 5.43. The second-order valence-electron chi connectivity index (χ2n) is 10.1. The van der Waals surface area contributed by atoms with Crippen molar-refractivity contribution in [1.29, 1.82) is 0 Å². The van der Waals surface area contributed by atoms with Crippen molar-refractivity contribution >= 4 is 34.3 Å². The van der Waals surface area contributed by atoms with Gasteiger partial charge >= 0.3 is 6.18 Å². The maximum absolute atomic E-state index is 13.5. The summed E-state index contributed by atoms with van der Waals surface area (Å²) in [6, 6.07) is 2.70. The Hall–Kier alpha value is -3.42. The summed E-state index contributed by atoms with van der Waals surface area (Å²) in [5.74, 6) is -2.28. The minimum absolute atomic E-state index is 0.0486. The molecule has 2 fully saturated rings. The lowest BCUT2D eigenvalue weighted by Crippen LogP contribution is -2.51. The second kappa shape index (κ2) is 11.0. The summed E-state index contributed by atoms with van der Waals surface area (Å²) in [5.41, 5.74) is 14.3. The van der Waals surface area contributed by atoms with E-state index >= 15 is 0 Å². The number of furan rings is 1. The standard InChI is InChI=1S/C26H32F3N7O3/c1-2-38-18-4-6-35(14-18)11-15-7-21-23(33-9-15)22(24(31)39-21)25(37)34-19-10-32-5-3-20(19)36-12-16(26(27,28)29)8-17(30)13-36/h3,5,7,9-10,16-18H,2,4,6,8,11-14,30-31H2,1H3,(H,34,37). The number of amides is 1. The molecule has 0 saturated carbocycles. The third-order valence-corrected chi connectivity index (χ3v) is 7.21. The fourth-order valence-corrected chi connectivity index (χ4v) is 5.43. The van der Waals surface area contributed by atoms with Gasteiger partial charge in [0.15, 0.2) is 5.58 Å². The maximum Gasteiger partial charge on any atom is 0.393 e. The third kappa shape index (κ3) is 5.94. The molecule has 2 aliphatic heterocycles. The van der Waals surface area contributed by atoms with Crippen LogP contribution in [-0.4, -0.2) is 71.9 Å². The summed E-state index contributed by atoms with van der Waals surface area (Å²) in [7, 11) is 0. The molecule has 2 saturated heterocycles. The van der Waals surface area contributed by atoms with Gasteiger partial charge in [0.1, 0.15) is 11.1 Å². The lowest BCUT2D eigenvalue weighted by molar-refractivity contribution is -0.177. The van der Waals surface area contributed by atoms with E-state index in [9.17, 15) is 18.0 Å². The second-order valence-corrected chi connectivity index (χ2v) is 10.1. The lowest BCUT2D eigenvalue weighted by atomic mass is 9.93. The summed E-state index contributed by atoms with van der Waals surface area (Å²) in [6.07, 6.45) is 1.19. The van der Waals surface area contributed by atoms with Crippen LogP contribution in [0, 0.1) is 5.92 Å². The quantitative estimate of drug-likeness (QED) is 0.407. The van der Waals surface area contributed by atoms with Crippen molar-refractivity contribution in [2.45, 2.75) is 44.6 Å². The molecule has 5 heterocycles. The first-order valence-corrected chi connectivity index (χ1v) is 13.0. The van der Waals surface area contributed by atoms with Crippen molar-refractivity contribution in [3.8, 4) is 0 Å².